The van der Waals surface area contributed by atoms with Crippen LogP contribution in [0.1, 0.15) is 85.9 Å². The molecule has 242 valence electrons. The molecule has 0 atom stereocenters. The molecule has 46 heavy (non-hydrogen) atoms. The standard InChI is InChI=1S/C40H48N2O4/c1-3-5-7-19-31-45-37-27-17-15-25-35(37)39(43)41(33-21-11-9-12-22-33)29-30-42(34-23-13-10-14-24-34)40(44)36-26-16-18-28-38(36)46-32-20-8-6-4-2/h9-18,21-28H,3-8,19-20,29-32H2,1-2H3. The van der Waals surface area contributed by atoms with Crippen molar-refractivity contribution in [2.24, 2.45) is 0 Å². The molecule has 4 aromatic carbocycles. The van der Waals surface area contributed by atoms with Gasteiger partial charge in [0, 0.05) is 24.5 Å². The van der Waals surface area contributed by atoms with Crippen molar-refractivity contribution in [2.45, 2.75) is 65.2 Å². The van der Waals surface area contributed by atoms with Crippen molar-refractivity contribution in [3.63, 3.8) is 0 Å². The van der Waals surface area contributed by atoms with E-state index in [-0.39, 0.29) is 24.9 Å². The van der Waals surface area contributed by atoms with E-state index in [4.69, 9.17) is 9.47 Å². The molecule has 4 aromatic rings. The molecule has 0 unspecified atom stereocenters. The van der Waals surface area contributed by atoms with Crippen molar-refractivity contribution in [1.82, 2.24) is 0 Å². The highest BCUT2D eigenvalue weighted by molar-refractivity contribution is 6.09. The Kier molecular flexibility index (Phi) is 14.2. The second kappa shape index (κ2) is 19.1. The van der Waals surface area contributed by atoms with Crippen LogP contribution in [-0.4, -0.2) is 38.1 Å². The zero-order valence-corrected chi connectivity index (χ0v) is 27.4. The Hall–Kier alpha value is -4.58. The van der Waals surface area contributed by atoms with Gasteiger partial charge in [0.15, 0.2) is 0 Å². The van der Waals surface area contributed by atoms with Crippen LogP contribution >= 0.6 is 0 Å². The Morgan fingerprint density at radius 3 is 1.24 bits per heavy atom. The number of carbonyl (C=O) groups excluding carboxylic acids is 2. The third-order valence-corrected chi connectivity index (χ3v) is 7.92. The van der Waals surface area contributed by atoms with Crippen molar-refractivity contribution in [3.05, 3.63) is 120 Å². The summed E-state index contributed by atoms with van der Waals surface area (Å²) in [4.78, 5) is 32.0. The normalized spacial score (nSPS) is 10.7. The lowest BCUT2D eigenvalue weighted by atomic mass is 10.1. The second-order valence-corrected chi connectivity index (χ2v) is 11.4. The van der Waals surface area contributed by atoms with Crippen LogP contribution in [0.2, 0.25) is 0 Å². The van der Waals surface area contributed by atoms with Crippen LogP contribution in [0.5, 0.6) is 11.5 Å². The van der Waals surface area contributed by atoms with Crippen molar-refractivity contribution in [3.8, 4) is 11.5 Å². The summed E-state index contributed by atoms with van der Waals surface area (Å²) in [5.74, 6) is 0.801. The van der Waals surface area contributed by atoms with Crippen molar-refractivity contribution >= 4 is 23.2 Å². The lowest BCUT2D eigenvalue weighted by Gasteiger charge is -2.29. The molecule has 0 aromatic heterocycles. The van der Waals surface area contributed by atoms with E-state index in [0.29, 0.717) is 35.8 Å². The molecule has 0 bridgehead atoms. The van der Waals surface area contributed by atoms with Crippen LogP contribution in [0.25, 0.3) is 0 Å². The Morgan fingerprint density at radius 2 is 0.848 bits per heavy atom. The average molecular weight is 621 g/mol. The third kappa shape index (κ3) is 9.96. The van der Waals surface area contributed by atoms with Gasteiger partial charge in [-0.2, -0.15) is 0 Å². The largest absolute Gasteiger partial charge is 0.493 e. The fraction of sp³-hybridized carbons (Fsp3) is 0.350. The van der Waals surface area contributed by atoms with Gasteiger partial charge in [0.2, 0.25) is 0 Å². The van der Waals surface area contributed by atoms with E-state index >= 15 is 0 Å². The Bertz CT molecular complexity index is 1360. The second-order valence-electron chi connectivity index (χ2n) is 11.4. The molecule has 2 amide bonds. The summed E-state index contributed by atoms with van der Waals surface area (Å²) in [6.45, 7) is 6.03. The van der Waals surface area contributed by atoms with Crippen LogP contribution in [0, 0.1) is 0 Å². The molecule has 0 N–H and O–H groups in total. The zero-order valence-electron chi connectivity index (χ0n) is 27.4. The van der Waals surface area contributed by atoms with Crippen LogP contribution in [0.3, 0.4) is 0 Å². The molecule has 0 radical (unpaired) electrons. The molecule has 0 saturated carbocycles. The maximum Gasteiger partial charge on any atom is 0.262 e. The molecule has 4 rings (SSSR count). The quantitative estimate of drug-likeness (QED) is 0.0980. The summed E-state index contributed by atoms with van der Waals surface area (Å²) in [6, 6.07) is 34.0. The van der Waals surface area contributed by atoms with Gasteiger partial charge in [-0.3, -0.25) is 9.59 Å². The Morgan fingerprint density at radius 1 is 0.478 bits per heavy atom. The van der Waals surface area contributed by atoms with E-state index in [1.165, 1.54) is 0 Å². The first kappa shape index (κ1) is 34.3. The number of hydrogen-bond donors (Lipinski definition) is 0. The fourth-order valence-electron chi connectivity index (χ4n) is 5.36. The molecular weight excluding hydrogens is 572 g/mol. The molecule has 0 fully saturated rings. The first-order chi connectivity index (χ1) is 22.6. The van der Waals surface area contributed by atoms with E-state index in [2.05, 4.69) is 13.8 Å². The third-order valence-electron chi connectivity index (χ3n) is 7.92. The molecule has 6 heteroatoms. The summed E-state index contributed by atoms with van der Waals surface area (Å²) in [5, 5.41) is 0. The topological polar surface area (TPSA) is 59.1 Å². The number of unbranched alkanes of at least 4 members (excludes halogenated alkanes) is 6. The molecule has 0 aliphatic carbocycles. The molecule has 0 spiro atoms. The lowest BCUT2D eigenvalue weighted by molar-refractivity contribution is 0.0963. The number of anilines is 2. The van der Waals surface area contributed by atoms with E-state index in [0.717, 1.165) is 62.7 Å². The van der Waals surface area contributed by atoms with Gasteiger partial charge >= 0.3 is 0 Å². The maximum absolute atomic E-state index is 14.3. The van der Waals surface area contributed by atoms with Gasteiger partial charge in [-0.1, -0.05) is 113 Å². The predicted octanol–water partition coefficient (Wildman–Crippen LogP) is 9.60. The van der Waals surface area contributed by atoms with Crippen molar-refractivity contribution in [1.29, 1.82) is 0 Å². The first-order valence-corrected chi connectivity index (χ1v) is 16.8. The van der Waals surface area contributed by atoms with Crippen LogP contribution in [0.15, 0.2) is 109 Å². The van der Waals surface area contributed by atoms with Crippen molar-refractivity contribution < 1.29 is 19.1 Å². The first-order valence-electron chi connectivity index (χ1n) is 16.8. The number of benzene rings is 4. The summed E-state index contributed by atoms with van der Waals surface area (Å²) in [7, 11) is 0. The van der Waals surface area contributed by atoms with E-state index in [1.807, 2.05) is 109 Å². The van der Waals surface area contributed by atoms with Gasteiger partial charge < -0.3 is 19.3 Å². The number of para-hydroxylation sites is 4. The Labute approximate surface area is 275 Å². The van der Waals surface area contributed by atoms with E-state index < -0.39 is 0 Å². The molecule has 0 aliphatic heterocycles. The number of carbonyl (C=O) groups is 2. The van der Waals surface area contributed by atoms with Gasteiger partial charge in [0.05, 0.1) is 24.3 Å². The Balaban J connectivity index is 1.59. The fourth-order valence-corrected chi connectivity index (χ4v) is 5.36. The molecule has 6 nitrogen and oxygen atoms in total. The summed E-state index contributed by atoms with van der Waals surface area (Å²) < 4.78 is 12.2. The van der Waals surface area contributed by atoms with Crippen LogP contribution in [-0.2, 0) is 0 Å². The summed E-state index contributed by atoms with van der Waals surface area (Å²) in [5.41, 5.74) is 2.51. The van der Waals surface area contributed by atoms with E-state index in [1.54, 1.807) is 9.80 Å². The van der Waals surface area contributed by atoms with Crippen LogP contribution in [0.4, 0.5) is 11.4 Å². The number of hydrogen-bond acceptors (Lipinski definition) is 4. The average Bonchev–Trinajstić information content (AvgIpc) is 3.10. The highest BCUT2D eigenvalue weighted by Gasteiger charge is 2.26. The van der Waals surface area contributed by atoms with Crippen molar-refractivity contribution in [2.75, 3.05) is 36.1 Å². The van der Waals surface area contributed by atoms with Crippen LogP contribution < -0.4 is 19.3 Å². The molecule has 0 aliphatic rings. The summed E-state index contributed by atoms with van der Waals surface area (Å²) in [6.07, 6.45) is 8.71. The zero-order chi connectivity index (χ0) is 32.4. The minimum atomic E-state index is -0.174. The highest BCUT2D eigenvalue weighted by Crippen LogP contribution is 2.27. The predicted molar refractivity (Wildman–Crippen MR) is 188 cm³/mol. The van der Waals surface area contributed by atoms with Gasteiger partial charge in [-0.25, -0.2) is 0 Å². The van der Waals surface area contributed by atoms with Gasteiger partial charge in [-0.05, 0) is 61.4 Å². The molecule has 0 heterocycles. The number of amides is 2. The molecular formula is C40H48N2O4. The van der Waals surface area contributed by atoms with Gasteiger partial charge in [0.1, 0.15) is 11.5 Å². The number of ether oxygens (including phenoxy) is 2. The van der Waals surface area contributed by atoms with Gasteiger partial charge in [-0.15, -0.1) is 0 Å². The smallest absolute Gasteiger partial charge is 0.262 e. The number of nitrogens with zero attached hydrogens (tertiary/aromatic N) is 2. The van der Waals surface area contributed by atoms with Gasteiger partial charge in [0.25, 0.3) is 11.8 Å². The lowest BCUT2D eigenvalue weighted by Crippen LogP contribution is -2.41. The highest BCUT2D eigenvalue weighted by atomic mass is 16.5. The SMILES string of the molecule is CCCCCCOc1ccccc1C(=O)N(CCN(C(=O)c1ccccc1OCCCCCC)c1ccccc1)c1ccccc1. The maximum atomic E-state index is 14.3. The minimum Gasteiger partial charge on any atom is -0.493 e. The summed E-state index contributed by atoms with van der Waals surface area (Å²) >= 11 is 0. The number of rotatable bonds is 19. The van der Waals surface area contributed by atoms with E-state index in [9.17, 15) is 9.59 Å². The minimum absolute atomic E-state index is 0.174. The monoisotopic (exact) mass is 620 g/mol. The molecule has 0 saturated heterocycles.